The molecule has 7 heteroatoms. The molecule has 0 saturated carbocycles. The molecule has 0 aliphatic carbocycles. The maximum absolute atomic E-state index is 11.5. The minimum Gasteiger partial charge on any atom is -0.293 e. The van der Waals surface area contributed by atoms with Crippen LogP contribution in [-0.4, -0.2) is 32.4 Å². The van der Waals surface area contributed by atoms with Gasteiger partial charge in [-0.3, -0.25) is 14.7 Å². The summed E-state index contributed by atoms with van der Waals surface area (Å²) in [4.78, 5) is 18.2. The molecule has 0 N–H and O–H groups in total. The lowest BCUT2D eigenvalue weighted by Crippen LogP contribution is -2.28. The summed E-state index contributed by atoms with van der Waals surface area (Å²) in [5, 5.41) is 8.47. The van der Waals surface area contributed by atoms with Crippen LogP contribution >= 0.6 is 11.6 Å². The average Bonchev–Trinajstić information content (AvgIpc) is 2.73. The minimum absolute atomic E-state index is 0.127. The highest BCUT2D eigenvalue weighted by Gasteiger charge is 2.19. The largest absolute Gasteiger partial charge is 0.293 e. The first-order chi connectivity index (χ1) is 8.63. The normalized spacial score (nSPS) is 10.4. The van der Waals surface area contributed by atoms with E-state index in [9.17, 15) is 4.79 Å². The van der Waals surface area contributed by atoms with Crippen LogP contribution in [0.5, 0.6) is 0 Å². The first kappa shape index (κ1) is 12.5. The van der Waals surface area contributed by atoms with E-state index in [4.69, 9.17) is 11.6 Å². The van der Waals surface area contributed by atoms with Crippen LogP contribution in [0.2, 0.25) is 5.15 Å². The molecule has 0 spiro atoms. The fourth-order valence-electron chi connectivity index (χ4n) is 1.56. The van der Waals surface area contributed by atoms with Gasteiger partial charge in [-0.1, -0.05) is 11.6 Å². The Bertz CT molecular complexity index is 554. The molecular weight excluding hydrogens is 254 g/mol. The molecule has 2 aromatic rings. The van der Waals surface area contributed by atoms with Gasteiger partial charge in [0, 0.05) is 19.7 Å². The maximum atomic E-state index is 11.5. The lowest BCUT2D eigenvalue weighted by Gasteiger charge is -2.14. The number of pyridine rings is 1. The summed E-state index contributed by atoms with van der Waals surface area (Å²) in [7, 11) is 0. The molecule has 2 heterocycles. The molecule has 0 atom stereocenters. The van der Waals surface area contributed by atoms with E-state index in [0.29, 0.717) is 18.1 Å². The van der Waals surface area contributed by atoms with Gasteiger partial charge in [-0.25, -0.2) is 0 Å². The van der Waals surface area contributed by atoms with Crippen LogP contribution in [0.3, 0.4) is 0 Å². The number of nitrogens with zero attached hydrogens (tertiary/aromatic N) is 5. The van der Waals surface area contributed by atoms with Crippen molar-refractivity contribution in [1.29, 1.82) is 0 Å². The molecule has 0 radical (unpaired) electrons. The summed E-state index contributed by atoms with van der Waals surface area (Å²) in [6, 6.07) is 3.58. The molecule has 0 saturated heterocycles. The SMILES string of the molecule is CCN(C(C)=O)c1nn(-c2cccnc2)nc1Cl. The molecule has 0 fully saturated rings. The highest BCUT2D eigenvalue weighted by Crippen LogP contribution is 2.22. The first-order valence-corrected chi connectivity index (χ1v) is 5.82. The van der Waals surface area contributed by atoms with E-state index >= 15 is 0 Å². The molecule has 2 rings (SSSR count). The molecule has 0 bridgehead atoms. The van der Waals surface area contributed by atoms with E-state index < -0.39 is 0 Å². The monoisotopic (exact) mass is 265 g/mol. The van der Waals surface area contributed by atoms with Gasteiger partial charge in [-0.15, -0.1) is 15.0 Å². The third-order valence-electron chi connectivity index (χ3n) is 2.39. The van der Waals surface area contributed by atoms with E-state index in [1.54, 1.807) is 24.5 Å². The number of rotatable bonds is 3. The van der Waals surface area contributed by atoms with Crippen LogP contribution < -0.4 is 4.90 Å². The van der Waals surface area contributed by atoms with Crippen molar-refractivity contribution in [3.63, 3.8) is 0 Å². The van der Waals surface area contributed by atoms with Gasteiger partial charge in [-0.05, 0) is 19.1 Å². The lowest BCUT2D eigenvalue weighted by molar-refractivity contribution is -0.116. The zero-order chi connectivity index (χ0) is 13.1. The van der Waals surface area contributed by atoms with Crippen LogP contribution in [0.15, 0.2) is 24.5 Å². The predicted molar refractivity (Wildman–Crippen MR) is 67.9 cm³/mol. The second kappa shape index (κ2) is 5.14. The Labute approximate surface area is 109 Å². The number of hydrogen-bond donors (Lipinski definition) is 0. The summed E-state index contributed by atoms with van der Waals surface area (Å²) in [5.41, 5.74) is 0.685. The lowest BCUT2D eigenvalue weighted by atomic mass is 10.4. The topological polar surface area (TPSA) is 63.9 Å². The summed E-state index contributed by atoms with van der Waals surface area (Å²) >= 11 is 6.00. The molecule has 94 valence electrons. The van der Waals surface area contributed by atoms with Crippen LogP contribution in [0.25, 0.3) is 5.69 Å². The van der Waals surface area contributed by atoms with Crippen molar-refractivity contribution in [1.82, 2.24) is 20.0 Å². The van der Waals surface area contributed by atoms with Crippen molar-refractivity contribution in [3.8, 4) is 5.69 Å². The fraction of sp³-hybridized carbons (Fsp3) is 0.273. The Balaban J connectivity index is 2.41. The standard InChI is InChI=1S/C11H12ClN5O/c1-3-16(8(2)18)11-10(12)14-17(15-11)9-5-4-6-13-7-9/h4-7H,3H2,1-2H3. The molecule has 1 amide bonds. The van der Waals surface area contributed by atoms with Crippen LogP contribution in [0.1, 0.15) is 13.8 Å². The smallest absolute Gasteiger partial charge is 0.225 e. The van der Waals surface area contributed by atoms with Gasteiger partial charge >= 0.3 is 0 Å². The van der Waals surface area contributed by atoms with Crippen molar-refractivity contribution in [2.45, 2.75) is 13.8 Å². The molecule has 18 heavy (non-hydrogen) atoms. The highest BCUT2D eigenvalue weighted by molar-refractivity contribution is 6.32. The number of amides is 1. The molecule has 0 aliphatic heterocycles. The van der Waals surface area contributed by atoms with Gasteiger partial charge in [0.15, 0.2) is 11.0 Å². The number of hydrogen-bond acceptors (Lipinski definition) is 4. The molecule has 0 unspecified atom stereocenters. The van der Waals surface area contributed by atoms with Crippen molar-refractivity contribution < 1.29 is 4.79 Å². The minimum atomic E-state index is -0.127. The predicted octanol–water partition coefficient (Wildman–Crippen LogP) is 1.69. The van der Waals surface area contributed by atoms with Crippen LogP contribution in [0.4, 0.5) is 5.82 Å². The fourth-order valence-corrected chi connectivity index (χ4v) is 1.77. The molecule has 2 aromatic heterocycles. The number of carbonyl (C=O) groups is 1. The number of halogens is 1. The molecular formula is C11H12ClN5O. The second-order valence-corrected chi connectivity index (χ2v) is 3.94. The second-order valence-electron chi connectivity index (χ2n) is 3.58. The zero-order valence-corrected chi connectivity index (χ0v) is 10.8. The summed E-state index contributed by atoms with van der Waals surface area (Å²) in [5.74, 6) is 0.230. The Hall–Kier alpha value is -1.95. The van der Waals surface area contributed by atoms with E-state index in [2.05, 4.69) is 15.2 Å². The first-order valence-electron chi connectivity index (χ1n) is 5.44. The summed E-state index contributed by atoms with van der Waals surface area (Å²) < 4.78 is 0. The summed E-state index contributed by atoms with van der Waals surface area (Å²) in [6.45, 7) is 3.80. The van der Waals surface area contributed by atoms with Gasteiger partial charge in [0.25, 0.3) is 0 Å². The van der Waals surface area contributed by atoms with Crippen molar-refractivity contribution in [3.05, 3.63) is 29.7 Å². The molecule has 0 aromatic carbocycles. The van der Waals surface area contributed by atoms with Gasteiger partial charge in [0.05, 0.1) is 6.20 Å². The Morgan fingerprint density at radius 3 is 2.83 bits per heavy atom. The summed E-state index contributed by atoms with van der Waals surface area (Å²) in [6.07, 6.45) is 3.27. The van der Waals surface area contributed by atoms with E-state index in [1.165, 1.54) is 16.6 Å². The van der Waals surface area contributed by atoms with Gasteiger partial charge in [0.1, 0.15) is 5.69 Å². The third-order valence-corrected chi connectivity index (χ3v) is 2.63. The van der Waals surface area contributed by atoms with Crippen LogP contribution in [0, 0.1) is 0 Å². The Kier molecular flexibility index (Phi) is 3.57. The Morgan fingerprint density at radius 2 is 2.28 bits per heavy atom. The van der Waals surface area contributed by atoms with Crippen LogP contribution in [-0.2, 0) is 4.79 Å². The number of anilines is 1. The quantitative estimate of drug-likeness (QED) is 0.847. The van der Waals surface area contributed by atoms with Crippen molar-refractivity contribution in [2.24, 2.45) is 0 Å². The van der Waals surface area contributed by atoms with Gasteiger partial charge in [0.2, 0.25) is 5.91 Å². The van der Waals surface area contributed by atoms with Crippen molar-refractivity contribution >= 4 is 23.3 Å². The van der Waals surface area contributed by atoms with E-state index in [-0.39, 0.29) is 11.1 Å². The van der Waals surface area contributed by atoms with Gasteiger partial charge in [-0.2, -0.15) is 0 Å². The van der Waals surface area contributed by atoms with Gasteiger partial charge < -0.3 is 0 Å². The average molecular weight is 266 g/mol. The molecule has 6 nitrogen and oxygen atoms in total. The number of carbonyl (C=O) groups excluding carboxylic acids is 1. The van der Waals surface area contributed by atoms with E-state index in [0.717, 1.165) is 0 Å². The zero-order valence-electron chi connectivity index (χ0n) is 10.0. The highest BCUT2D eigenvalue weighted by atomic mass is 35.5. The van der Waals surface area contributed by atoms with Crippen molar-refractivity contribution in [2.75, 3.05) is 11.4 Å². The maximum Gasteiger partial charge on any atom is 0.225 e. The molecule has 0 aliphatic rings. The third kappa shape index (κ3) is 2.33. The number of aromatic nitrogens is 4. The Morgan fingerprint density at radius 1 is 1.50 bits per heavy atom. The van der Waals surface area contributed by atoms with E-state index in [1.807, 2.05) is 6.92 Å².